The number of carbonyl (C=O) groups excluding carboxylic acids is 2. The van der Waals surface area contributed by atoms with Gasteiger partial charge in [0.05, 0.1) is 0 Å². The number of nitrogens with two attached hydrogens (primary N) is 1. The zero-order chi connectivity index (χ0) is 13.5. The Balaban J connectivity index is 2.52. The second-order valence-electron chi connectivity index (χ2n) is 3.98. The highest BCUT2D eigenvalue weighted by Gasteiger charge is 2.20. The highest BCUT2D eigenvalue weighted by molar-refractivity contribution is 5.94. The van der Waals surface area contributed by atoms with Crippen LogP contribution in [0.15, 0.2) is 43.0 Å². The van der Waals surface area contributed by atoms with Crippen molar-refractivity contribution in [2.75, 3.05) is 0 Å². The van der Waals surface area contributed by atoms with E-state index in [9.17, 15) is 9.59 Å². The van der Waals surface area contributed by atoms with E-state index in [4.69, 9.17) is 10.5 Å². The smallest absolute Gasteiger partial charge is 0.323 e. The first-order chi connectivity index (χ1) is 8.54. The maximum absolute atomic E-state index is 11.6. The van der Waals surface area contributed by atoms with Gasteiger partial charge in [0.2, 0.25) is 0 Å². The molecule has 0 bridgehead atoms. The van der Waals surface area contributed by atoms with Crippen LogP contribution < -0.4 is 5.73 Å². The first kappa shape index (κ1) is 14.1. The van der Waals surface area contributed by atoms with Crippen molar-refractivity contribution in [2.24, 2.45) is 5.73 Å². The summed E-state index contributed by atoms with van der Waals surface area (Å²) >= 11 is 0. The molecule has 0 saturated carbocycles. The van der Waals surface area contributed by atoms with E-state index >= 15 is 0 Å². The van der Waals surface area contributed by atoms with Crippen LogP contribution in [0.4, 0.5) is 0 Å². The first-order valence-electron chi connectivity index (χ1n) is 5.71. The van der Waals surface area contributed by atoms with Crippen LogP contribution in [-0.2, 0) is 20.7 Å². The molecule has 0 saturated heterocycles. The molecule has 2 N–H and O–H groups in total. The van der Waals surface area contributed by atoms with Crippen LogP contribution in [0.1, 0.15) is 12.5 Å². The minimum atomic E-state index is -0.836. The van der Waals surface area contributed by atoms with Gasteiger partial charge in [-0.3, -0.25) is 9.59 Å². The summed E-state index contributed by atoms with van der Waals surface area (Å²) in [5, 5.41) is 0. The zero-order valence-electron chi connectivity index (χ0n) is 10.3. The van der Waals surface area contributed by atoms with Crippen LogP contribution in [-0.4, -0.2) is 23.9 Å². The largest absolute Gasteiger partial charge is 0.453 e. The third-order valence-electron chi connectivity index (χ3n) is 2.50. The summed E-state index contributed by atoms with van der Waals surface area (Å²) in [6.45, 7) is 4.83. The molecule has 1 rings (SSSR count). The van der Waals surface area contributed by atoms with Crippen molar-refractivity contribution >= 4 is 11.8 Å². The summed E-state index contributed by atoms with van der Waals surface area (Å²) in [7, 11) is 0. The van der Waals surface area contributed by atoms with Crippen LogP contribution in [0.3, 0.4) is 0 Å². The van der Waals surface area contributed by atoms with E-state index in [0.29, 0.717) is 6.42 Å². The Hall–Kier alpha value is -1.94. The number of ketones is 1. The molecule has 0 radical (unpaired) electrons. The summed E-state index contributed by atoms with van der Waals surface area (Å²) in [5.74, 6) is -0.920. The molecule has 1 aromatic carbocycles. The zero-order valence-corrected chi connectivity index (χ0v) is 10.3. The number of ether oxygens (including phenoxy) is 1. The molecule has 4 nitrogen and oxygen atoms in total. The molecule has 0 fully saturated rings. The van der Waals surface area contributed by atoms with Crippen LogP contribution >= 0.6 is 0 Å². The number of carbonyl (C=O) groups is 2. The van der Waals surface area contributed by atoms with Gasteiger partial charge in [-0.1, -0.05) is 36.9 Å². The fourth-order valence-electron chi connectivity index (χ4n) is 1.44. The van der Waals surface area contributed by atoms with E-state index in [1.165, 1.54) is 6.92 Å². The van der Waals surface area contributed by atoms with E-state index < -0.39 is 18.1 Å². The molecular formula is C14H17NO3. The monoisotopic (exact) mass is 247 g/mol. The second-order valence-corrected chi connectivity index (χ2v) is 3.98. The van der Waals surface area contributed by atoms with Gasteiger partial charge < -0.3 is 10.5 Å². The molecule has 0 amide bonds. The molecule has 0 spiro atoms. The van der Waals surface area contributed by atoms with Gasteiger partial charge in [0.25, 0.3) is 0 Å². The van der Waals surface area contributed by atoms with Crippen molar-refractivity contribution in [2.45, 2.75) is 25.5 Å². The van der Waals surface area contributed by atoms with Gasteiger partial charge in [0.15, 0.2) is 11.9 Å². The fraction of sp³-hybridized carbons (Fsp3) is 0.286. The lowest BCUT2D eigenvalue weighted by Gasteiger charge is -2.14. The van der Waals surface area contributed by atoms with Crippen molar-refractivity contribution in [1.82, 2.24) is 0 Å². The predicted octanol–water partition coefficient (Wildman–Crippen LogP) is 1.24. The van der Waals surface area contributed by atoms with Gasteiger partial charge in [0, 0.05) is 0 Å². The summed E-state index contributed by atoms with van der Waals surface area (Å²) in [6.07, 6.45) is 0.673. The minimum absolute atomic E-state index is 0.338. The fourth-order valence-corrected chi connectivity index (χ4v) is 1.44. The molecular weight excluding hydrogens is 230 g/mol. The van der Waals surface area contributed by atoms with E-state index in [2.05, 4.69) is 6.58 Å². The third kappa shape index (κ3) is 4.14. The average molecular weight is 247 g/mol. The maximum Gasteiger partial charge on any atom is 0.323 e. The van der Waals surface area contributed by atoms with Crippen LogP contribution in [0.2, 0.25) is 0 Å². The highest BCUT2D eigenvalue weighted by atomic mass is 16.5. The molecule has 1 unspecified atom stereocenters. The molecule has 0 aromatic heterocycles. The van der Waals surface area contributed by atoms with Crippen LogP contribution in [0.25, 0.3) is 0 Å². The molecule has 0 aliphatic carbocycles. The topological polar surface area (TPSA) is 69.4 Å². The molecule has 18 heavy (non-hydrogen) atoms. The summed E-state index contributed by atoms with van der Waals surface area (Å²) in [6, 6.07) is 8.62. The van der Waals surface area contributed by atoms with Gasteiger partial charge >= 0.3 is 5.97 Å². The minimum Gasteiger partial charge on any atom is -0.453 e. The van der Waals surface area contributed by atoms with E-state index in [1.807, 2.05) is 30.3 Å². The Morgan fingerprint density at radius 3 is 2.56 bits per heavy atom. The van der Waals surface area contributed by atoms with Crippen LogP contribution in [0, 0.1) is 0 Å². The molecule has 4 heteroatoms. The molecule has 0 aliphatic rings. The number of benzene rings is 1. The quantitative estimate of drug-likeness (QED) is 0.606. The lowest BCUT2D eigenvalue weighted by molar-refractivity contribution is -0.153. The summed E-state index contributed by atoms with van der Waals surface area (Å²) < 4.78 is 4.95. The van der Waals surface area contributed by atoms with Crippen molar-refractivity contribution < 1.29 is 14.3 Å². The van der Waals surface area contributed by atoms with Gasteiger partial charge in [-0.2, -0.15) is 0 Å². The molecule has 2 atom stereocenters. The maximum atomic E-state index is 11.6. The molecule has 0 aliphatic heterocycles. The van der Waals surface area contributed by atoms with E-state index in [0.717, 1.165) is 11.6 Å². The standard InChI is InChI=1S/C14H17NO3/c1-3-13(16)10(2)18-14(17)12(15)9-11-7-5-4-6-8-11/h3-8,10,12H,1,9,15H2,2H3/t10?,12-/m0/s1. The van der Waals surface area contributed by atoms with E-state index in [-0.39, 0.29) is 5.78 Å². The SMILES string of the molecule is C=CC(=O)C(C)OC(=O)[C@@H](N)Cc1ccccc1. The number of hydrogen-bond donors (Lipinski definition) is 1. The Bertz CT molecular complexity index is 428. The van der Waals surface area contributed by atoms with Gasteiger partial charge in [0.1, 0.15) is 6.04 Å². The van der Waals surface area contributed by atoms with Gasteiger partial charge in [-0.15, -0.1) is 0 Å². The Morgan fingerprint density at radius 2 is 2.00 bits per heavy atom. The normalized spacial score (nSPS) is 13.4. The van der Waals surface area contributed by atoms with Crippen molar-refractivity contribution in [1.29, 1.82) is 0 Å². The van der Waals surface area contributed by atoms with Crippen molar-refractivity contribution in [3.8, 4) is 0 Å². The lowest BCUT2D eigenvalue weighted by Crippen LogP contribution is -2.37. The number of hydrogen-bond acceptors (Lipinski definition) is 4. The van der Waals surface area contributed by atoms with Crippen molar-refractivity contribution in [3.05, 3.63) is 48.6 Å². The number of rotatable bonds is 6. The van der Waals surface area contributed by atoms with Crippen molar-refractivity contribution in [3.63, 3.8) is 0 Å². The first-order valence-corrected chi connectivity index (χ1v) is 5.71. The second kappa shape index (κ2) is 6.71. The molecule has 96 valence electrons. The lowest BCUT2D eigenvalue weighted by atomic mass is 10.1. The van der Waals surface area contributed by atoms with Gasteiger partial charge in [-0.05, 0) is 25.0 Å². The third-order valence-corrected chi connectivity index (χ3v) is 2.50. The van der Waals surface area contributed by atoms with E-state index in [1.54, 1.807) is 0 Å². The predicted molar refractivity (Wildman–Crippen MR) is 68.9 cm³/mol. The van der Waals surface area contributed by atoms with Gasteiger partial charge in [-0.25, -0.2) is 0 Å². The average Bonchev–Trinajstić information content (AvgIpc) is 2.38. The Labute approximate surface area is 106 Å². The Morgan fingerprint density at radius 1 is 1.39 bits per heavy atom. The number of esters is 1. The van der Waals surface area contributed by atoms with Crippen LogP contribution in [0.5, 0.6) is 0 Å². The highest BCUT2D eigenvalue weighted by Crippen LogP contribution is 2.04. The summed E-state index contributed by atoms with van der Waals surface area (Å²) in [5.41, 5.74) is 6.68. The molecule has 1 aromatic rings. The summed E-state index contributed by atoms with van der Waals surface area (Å²) in [4.78, 5) is 22.8. The molecule has 0 heterocycles. The Kier molecular flexibility index (Phi) is 5.27.